The lowest BCUT2D eigenvalue weighted by Gasteiger charge is -2.11. The molecule has 122 valence electrons. The molecule has 4 aromatic rings. The van der Waals surface area contributed by atoms with Crippen LogP contribution in [0.1, 0.15) is 0 Å². The maximum Gasteiger partial charge on any atom is 0.164 e. The molecule has 4 rings (SSSR count). The van der Waals surface area contributed by atoms with E-state index in [1.54, 1.807) is 7.11 Å². The number of nitrogens with zero attached hydrogens (tertiary/aromatic N) is 2. The molecule has 0 amide bonds. The quantitative estimate of drug-likeness (QED) is 0.482. The van der Waals surface area contributed by atoms with E-state index in [1.807, 2.05) is 72.8 Å². The number of ether oxygens (including phenoxy) is 1. The Kier molecular flexibility index (Phi) is 4.08. The molecule has 0 spiro atoms. The van der Waals surface area contributed by atoms with Crippen LogP contribution in [0.4, 0.5) is 0 Å². The van der Waals surface area contributed by atoms with Gasteiger partial charge in [0, 0.05) is 16.0 Å². The Bertz CT molecular complexity index is 1050. The zero-order valence-electron chi connectivity index (χ0n) is 13.6. The fourth-order valence-electron chi connectivity index (χ4n) is 2.87. The number of hydrogen-bond acceptors (Lipinski definition) is 3. The van der Waals surface area contributed by atoms with Gasteiger partial charge in [-0.15, -0.1) is 0 Å². The van der Waals surface area contributed by atoms with Crippen molar-refractivity contribution >= 4 is 22.5 Å². The van der Waals surface area contributed by atoms with Gasteiger partial charge in [0.1, 0.15) is 5.75 Å². The summed E-state index contributed by atoms with van der Waals surface area (Å²) in [5, 5.41) is 1.59. The lowest BCUT2D eigenvalue weighted by molar-refractivity contribution is 0.416. The minimum absolute atomic E-state index is 0.631. The largest absolute Gasteiger partial charge is 0.496 e. The van der Waals surface area contributed by atoms with Crippen molar-refractivity contribution in [1.29, 1.82) is 0 Å². The van der Waals surface area contributed by atoms with Gasteiger partial charge in [-0.2, -0.15) is 0 Å². The Hall–Kier alpha value is -2.91. The summed E-state index contributed by atoms with van der Waals surface area (Å²) in [6.45, 7) is 0. The van der Waals surface area contributed by atoms with Crippen molar-refractivity contribution in [3.05, 3.63) is 77.8 Å². The third-order valence-electron chi connectivity index (χ3n) is 4.05. The van der Waals surface area contributed by atoms with Crippen LogP contribution in [-0.4, -0.2) is 17.1 Å². The smallest absolute Gasteiger partial charge is 0.164 e. The molecule has 1 heterocycles. The molecule has 25 heavy (non-hydrogen) atoms. The second-order valence-electron chi connectivity index (χ2n) is 5.62. The highest BCUT2D eigenvalue weighted by molar-refractivity contribution is 6.31. The summed E-state index contributed by atoms with van der Waals surface area (Å²) in [6.07, 6.45) is 0. The Balaban J connectivity index is 2.04. The fraction of sp³-hybridized carbons (Fsp3) is 0.0476. The van der Waals surface area contributed by atoms with Gasteiger partial charge in [-0.05, 0) is 30.3 Å². The first kappa shape index (κ1) is 15.6. The summed E-state index contributed by atoms with van der Waals surface area (Å²) in [6, 6.07) is 23.5. The predicted octanol–water partition coefficient (Wildman–Crippen LogP) is 5.63. The molecule has 3 aromatic carbocycles. The maximum absolute atomic E-state index is 6.21. The number of hydrogen-bond donors (Lipinski definition) is 0. The van der Waals surface area contributed by atoms with E-state index in [1.165, 1.54) is 0 Å². The monoisotopic (exact) mass is 346 g/mol. The lowest BCUT2D eigenvalue weighted by atomic mass is 10.1. The molecule has 1 aromatic heterocycles. The summed E-state index contributed by atoms with van der Waals surface area (Å²) in [5.41, 5.74) is 3.58. The number of benzene rings is 3. The van der Waals surface area contributed by atoms with Crippen molar-refractivity contribution in [2.75, 3.05) is 7.11 Å². The first-order chi connectivity index (χ1) is 12.3. The first-order valence-corrected chi connectivity index (χ1v) is 8.30. The van der Waals surface area contributed by atoms with E-state index in [9.17, 15) is 0 Å². The molecule has 0 saturated carbocycles. The Morgan fingerprint density at radius 2 is 1.60 bits per heavy atom. The van der Waals surface area contributed by atoms with E-state index in [0.29, 0.717) is 10.8 Å². The zero-order chi connectivity index (χ0) is 17.2. The summed E-state index contributed by atoms with van der Waals surface area (Å²) in [4.78, 5) is 9.57. The van der Waals surface area contributed by atoms with E-state index in [2.05, 4.69) is 0 Å². The molecule has 0 atom stereocenters. The summed E-state index contributed by atoms with van der Waals surface area (Å²) in [5.74, 6) is 1.38. The number of halogens is 1. The minimum Gasteiger partial charge on any atom is -0.496 e. The van der Waals surface area contributed by atoms with E-state index >= 15 is 0 Å². The van der Waals surface area contributed by atoms with Crippen molar-refractivity contribution in [2.24, 2.45) is 0 Å². The predicted molar refractivity (Wildman–Crippen MR) is 102 cm³/mol. The topological polar surface area (TPSA) is 35.0 Å². The van der Waals surface area contributed by atoms with Crippen LogP contribution in [0.15, 0.2) is 72.8 Å². The average Bonchev–Trinajstić information content (AvgIpc) is 2.68. The van der Waals surface area contributed by atoms with E-state index in [0.717, 1.165) is 33.5 Å². The molecule has 0 aliphatic heterocycles. The number of para-hydroxylation sites is 1. The van der Waals surface area contributed by atoms with Crippen LogP contribution < -0.4 is 4.74 Å². The van der Waals surface area contributed by atoms with Crippen molar-refractivity contribution < 1.29 is 4.74 Å². The van der Waals surface area contributed by atoms with Crippen molar-refractivity contribution in [1.82, 2.24) is 9.97 Å². The Labute approximate surface area is 150 Å². The molecule has 3 nitrogen and oxygen atoms in total. The second kappa shape index (κ2) is 6.54. The summed E-state index contributed by atoms with van der Waals surface area (Å²) in [7, 11) is 1.65. The van der Waals surface area contributed by atoms with E-state index in [4.69, 9.17) is 26.3 Å². The lowest BCUT2D eigenvalue weighted by Crippen LogP contribution is -1.97. The molecule has 0 saturated heterocycles. The number of fused-ring (bicyclic) bond motifs is 1. The van der Waals surface area contributed by atoms with Crippen LogP contribution in [0.5, 0.6) is 5.75 Å². The minimum atomic E-state index is 0.631. The summed E-state index contributed by atoms with van der Waals surface area (Å²) < 4.78 is 5.48. The summed E-state index contributed by atoms with van der Waals surface area (Å²) >= 11 is 6.21. The number of rotatable bonds is 3. The molecule has 4 heteroatoms. The third-order valence-corrected chi connectivity index (χ3v) is 4.29. The highest BCUT2D eigenvalue weighted by Crippen LogP contribution is 2.33. The van der Waals surface area contributed by atoms with Gasteiger partial charge in [0.2, 0.25) is 0 Å². The molecule has 0 unspecified atom stereocenters. The van der Waals surface area contributed by atoms with Crippen LogP contribution in [0, 0.1) is 0 Å². The first-order valence-electron chi connectivity index (χ1n) is 7.92. The van der Waals surface area contributed by atoms with Crippen molar-refractivity contribution in [3.63, 3.8) is 0 Å². The molecule has 0 aliphatic carbocycles. The van der Waals surface area contributed by atoms with Gasteiger partial charge in [0.15, 0.2) is 5.82 Å². The molecule has 0 radical (unpaired) electrons. The number of aromatic nitrogens is 2. The van der Waals surface area contributed by atoms with Gasteiger partial charge in [-0.25, -0.2) is 9.97 Å². The highest BCUT2D eigenvalue weighted by Gasteiger charge is 2.14. The third kappa shape index (κ3) is 2.94. The Morgan fingerprint density at radius 1 is 0.840 bits per heavy atom. The maximum atomic E-state index is 6.21. The molecule has 0 bridgehead atoms. The normalized spacial score (nSPS) is 10.8. The molecule has 0 fully saturated rings. The standard InChI is InChI=1S/C21H15ClN2O/c1-25-19-10-6-5-9-16(19)21-23-18-12-11-15(22)13-17(18)20(24-21)14-7-3-2-4-8-14/h2-13H,1H3. The number of methoxy groups -OCH3 is 1. The van der Waals surface area contributed by atoms with Gasteiger partial charge < -0.3 is 4.74 Å². The molecule has 0 aliphatic rings. The molecule has 0 N–H and O–H groups in total. The Morgan fingerprint density at radius 3 is 2.40 bits per heavy atom. The molecular weight excluding hydrogens is 332 g/mol. The van der Waals surface area contributed by atoms with Gasteiger partial charge in [0.25, 0.3) is 0 Å². The second-order valence-corrected chi connectivity index (χ2v) is 6.06. The SMILES string of the molecule is COc1ccccc1-c1nc(-c2ccccc2)c2cc(Cl)ccc2n1. The van der Waals surface area contributed by atoms with E-state index in [-0.39, 0.29) is 0 Å². The van der Waals surface area contributed by atoms with Gasteiger partial charge in [0.05, 0.1) is 23.9 Å². The molecular formula is C21H15ClN2O. The van der Waals surface area contributed by atoms with Crippen LogP contribution >= 0.6 is 11.6 Å². The van der Waals surface area contributed by atoms with Crippen molar-refractivity contribution in [3.8, 4) is 28.4 Å². The zero-order valence-corrected chi connectivity index (χ0v) is 14.4. The van der Waals surface area contributed by atoms with Crippen LogP contribution in [0.2, 0.25) is 5.02 Å². The van der Waals surface area contributed by atoms with Crippen LogP contribution in [0.25, 0.3) is 33.5 Å². The average molecular weight is 347 g/mol. The highest BCUT2D eigenvalue weighted by atomic mass is 35.5. The fourth-order valence-corrected chi connectivity index (χ4v) is 3.04. The van der Waals surface area contributed by atoms with Crippen molar-refractivity contribution in [2.45, 2.75) is 0 Å². The van der Waals surface area contributed by atoms with Gasteiger partial charge in [-0.3, -0.25) is 0 Å². The van der Waals surface area contributed by atoms with Gasteiger partial charge in [-0.1, -0.05) is 54.1 Å². The van der Waals surface area contributed by atoms with E-state index < -0.39 is 0 Å². The van der Waals surface area contributed by atoms with Gasteiger partial charge >= 0.3 is 0 Å². The van der Waals surface area contributed by atoms with Crippen LogP contribution in [-0.2, 0) is 0 Å². The van der Waals surface area contributed by atoms with Crippen LogP contribution in [0.3, 0.4) is 0 Å².